The van der Waals surface area contributed by atoms with Gasteiger partial charge >= 0.3 is 5.97 Å². The number of nitrogens with zero attached hydrogens (tertiary/aromatic N) is 2. The van der Waals surface area contributed by atoms with Crippen molar-refractivity contribution in [1.29, 1.82) is 0 Å². The van der Waals surface area contributed by atoms with Gasteiger partial charge in [0.15, 0.2) is 5.69 Å². The maximum atomic E-state index is 11.1. The van der Waals surface area contributed by atoms with Crippen LogP contribution in [0.15, 0.2) is 18.3 Å². The summed E-state index contributed by atoms with van der Waals surface area (Å²) in [7, 11) is 1.81. The summed E-state index contributed by atoms with van der Waals surface area (Å²) in [5.41, 5.74) is 0.125. The Morgan fingerprint density at radius 1 is 1.59 bits per heavy atom. The van der Waals surface area contributed by atoms with Gasteiger partial charge in [0.25, 0.3) is 0 Å². The zero-order chi connectivity index (χ0) is 12.4. The fourth-order valence-electron chi connectivity index (χ4n) is 1.75. The second-order valence-electron chi connectivity index (χ2n) is 3.65. The Morgan fingerprint density at radius 2 is 2.35 bits per heavy atom. The van der Waals surface area contributed by atoms with Crippen LogP contribution < -0.4 is 5.32 Å². The molecule has 3 N–H and O–H groups in total. The lowest BCUT2D eigenvalue weighted by atomic mass is 10.3. The average molecular weight is 235 g/mol. The lowest BCUT2D eigenvalue weighted by Crippen LogP contribution is -2.12. The second-order valence-corrected chi connectivity index (χ2v) is 3.65. The minimum atomic E-state index is -1.14. The molecule has 0 saturated heterocycles. The van der Waals surface area contributed by atoms with Crippen molar-refractivity contribution in [3.8, 4) is 5.75 Å². The van der Waals surface area contributed by atoms with Crippen LogP contribution in [0.5, 0.6) is 5.75 Å². The van der Waals surface area contributed by atoms with E-state index in [2.05, 4.69) is 10.3 Å². The van der Waals surface area contributed by atoms with E-state index < -0.39 is 5.97 Å². The molecule has 2 rings (SSSR count). The molecule has 0 saturated carbocycles. The molecule has 2 aromatic heterocycles. The highest BCUT2D eigenvalue weighted by atomic mass is 16.4. The van der Waals surface area contributed by atoms with E-state index >= 15 is 0 Å². The minimum absolute atomic E-state index is 0.0758. The number of carboxylic acid groups (broad SMARTS) is 1. The molecule has 0 bridgehead atoms. The molecular formula is C11H13N3O3. The third-order valence-electron chi connectivity index (χ3n) is 2.52. The van der Waals surface area contributed by atoms with Gasteiger partial charge in [0.05, 0.1) is 0 Å². The highest BCUT2D eigenvalue weighted by Crippen LogP contribution is 2.23. The molecule has 2 heterocycles. The van der Waals surface area contributed by atoms with Gasteiger partial charge in [-0.1, -0.05) is 0 Å². The van der Waals surface area contributed by atoms with Crippen molar-refractivity contribution in [3.05, 3.63) is 29.8 Å². The van der Waals surface area contributed by atoms with Crippen molar-refractivity contribution < 1.29 is 15.0 Å². The first kappa shape index (κ1) is 11.4. The van der Waals surface area contributed by atoms with E-state index in [-0.39, 0.29) is 17.0 Å². The molecule has 0 fully saturated rings. The fourth-order valence-corrected chi connectivity index (χ4v) is 1.75. The van der Waals surface area contributed by atoms with Gasteiger partial charge in [-0.3, -0.25) is 4.40 Å². The molecule has 6 heteroatoms. The standard InChI is InChI=1S/C11H13N3O3/c1-12-5-4-8-13-9(11(16)17)10-7(15)3-2-6-14(8)10/h2-3,6,12,15H,4-5H2,1H3,(H,16,17). The molecule has 0 aliphatic heterocycles. The first-order valence-electron chi connectivity index (χ1n) is 5.22. The maximum absolute atomic E-state index is 11.1. The number of imidazole rings is 1. The summed E-state index contributed by atoms with van der Waals surface area (Å²) >= 11 is 0. The van der Waals surface area contributed by atoms with Gasteiger partial charge in [-0.25, -0.2) is 9.78 Å². The van der Waals surface area contributed by atoms with E-state index in [0.717, 1.165) is 0 Å². The van der Waals surface area contributed by atoms with Gasteiger partial charge in [0.1, 0.15) is 17.1 Å². The molecule has 0 unspecified atom stereocenters. The number of carbonyl (C=O) groups is 1. The van der Waals surface area contributed by atoms with Crippen LogP contribution in [0.2, 0.25) is 0 Å². The number of fused-ring (bicyclic) bond motifs is 1. The molecule has 0 atom stereocenters. The van der Waals surface area contributed by atoms with E-state index in [9.17, 15) is 9.90 Å². The average Bonchev–Trinajstić information content (AvgIpc) is 2.67. The third-order valence-corrected chi connectivity index (χ3v) is 2.52. The zero-order valence-corrected chi connectivity index (χ0v) is 9.34. The van der Waals surface area contributed by atoms with Crippen LogP contribution in [-0.2, 0) is 6.42 Å². The van der Waals surface area contributed by atoms with Gasteiger partial charge in [0.2, 0.25) is 0 Å². The Bertz CT molecular complexity index is 562. The van der Waals surface area contributed by atoms with E-state index in [1.807, 2.05) is 7.05 Å². The fraction of sp³-hybridized carbons (Fsp3) is 0.273. The summed E-state index contributed by atoms with van der Waals surface area (Å²) < 4.78 is 1.61. The normalized spacial score (nSPS) is 10.9. The predicted molar refractivity (Wildman–Crippen MR) is 61.4 cm³/mol. The number of carboxylic acids is 1. The largest absolute Gasteiger partial charge is 0.506 e. The van der Waals surface area contributed by atoms with Gasteiger partial charge in [-0.15, -0.1) is 0 Å². The zero-order valence-electron chi connectivity index (χ0n) is 9.34. The lowest BCUT2D eigenvalue weighted by Gasteiger charge is -2.01. The molecule has 0 aromatic carbocycles. The smallest absolute Gasteiger partial charge is 0.356 e. The van der Waals surface area contributed by atoms with Crippen LogP contribution in [0.4, 0.5) is 0 Å². The summed E-state index contributed by atoms with van der Waals surface area (Å²) in [6, 6.07) is 3.10. The monoisotopic (exact) mass is 235 g/mol. The lowest BCUT2D eigenvalue weighted by molar-refractivity contribution is 0.0693. The number of hydrogen-bond acceptors (Lipinski definition) is 4. The van der Waals surface area contributed by atoms with Crippen LogP contribution in [0, 0.1) is 0 Å². The van der Waals surface area contributed by atoms with Gasteiger partial charge < -0.3 is 15.5 Å². The first-order chi connectivity index (χ1) is 8.15. The van der Waals surface area contributed by atoms with Crippen LogP contribution in [-0.4, -0.2) is 39.2 Å². The van der Waals surface area contributed by atoms with Gasteiger partial charge in [0, 0.05) is 19.2 Å². The van der Waals surface area contributed by atoms with E-state index in [1.54, 1.807) is 16.7 Å². The van der Waals surface area contributed by atoms with E-state index in [0.29, 0.717) is 18.8 Å². The molecule has 2 aromatic rings. The molecule has 0 radical (unpaired) electrons. The number of aromatic hydroxyl groups is 1. The van der Waals surface area contributed by atoms with Crippen LogP contribution in [0.3, 0.4) is 0 Å². The Hall–Kier alpha value is -2.08. The second kappa shape index (κ2) is 4.42. The molecule has 0 amide bonds. The Kier molecular flexibility index (Phi) is 2.97. The number of likely N-dealkylation sites (N-methyl/N-ethyl adjacent to an activating group) is 1. The van der Waals surface area contributed by atoms with Crippen molar-refractivity contribution in [2.75, 3.05) is 13.6 Å². The highest BCUT2D eigenvalue weighted by Gasteiger charge is 2.18. The number of nitrogens with one attached hydrogen (secondary N) is 1. The van der Waals surface area contributed by atoms with Crippen LogP contribution in [0.1, 0.15) is 16.3 Å². The van der Waals surface area contributed by atoms with Gasteiger partial charge in [-0.05, 0) is 19.2 Å². The first-order valence-corrected chi connectivity index (χ1v) is 5.22. The third kappa shape index (κ3) is 1.94. The topological polar surface area (TPSA) is 86.9 Å². The number of rotatable bonds is 4. The quantitative estimate of drug-likeness (QED) is 0.718. The summed E-state index contributed by atoms with van der Waals surface area (Å²) in [6.07, 6.45) is 2.29. The molecule has 0 aliphatic carbocycles. The Balaban J connectivity index is 2.62. The van der Waals surface area contributed by atoms with E-state index in [4.69, 9.17) is 5.11 Å². The molecular weight excluding hydrogens is 222 g/mol. The van der Waals surface area contributed by atoms with Crippen LogP contribution in [0.25, 0.3) is 5.52 Å². The van der Waals surface area contributed by atoms with Crippen molar-refractivity contribution in [2.45, 2.75) is 6.42 Å². The molecule has 0 spiro atoms. The van der Waals surface area contributed by atoms with Gasteiger partial charge in [-0.2, -0.15) is 0 Å². The Morgan fingerprint density at radius 3 is 3.00 bits per heavy atom. The Labute approximate surface area is 97.5 Å². The molecule has 0 aliphatic rings. The maximum Gasteiger partial charge on any atom is 0.356 e. The number of hydrogen-bond donors (Lipinski definition) is 3. The molecule has 90 valence electrons. The SMILES string of the molecule is CNCCc1nc(C(=O)O)c2c(O)cccn12. The summed E-state index contributed by atoms with van der Waals surface area (Å²) in [5, 5.41) is 21.7. The summed E-state index contributed by atoms with van der Waals surface area (Å²) in [6.45, 7) is 0.688. The van der Waals surface area contributed by atoms with Crippen molar-refractivity contribution in [2.24, 2.45) is 0 Å². The predicted octanol–water partition coefficient (Wildman–Crippen LogP) is 0.500. The van der Waals surface area contributed by atoms with E-state index in [1.165, 1.54) is 6.07 Å². The number of pyridine rings is 1. The highest BCUT2D eigenvalue weighted by molar-refractivity contribution is 5.95. The van der Waals surface area contributed by atoms with Crippen molar-refractivity contribution >= 4 is 11.5 Å². The molecule has 17 heavy (non-hydrogen) atoms. The van der Waals surface area contributed by atoms with Crippen LogP contribution >= 0.6 is 0 Å². The minimum Gasteiger partial charge on any atom is -0.506 e. The summed E-state index contributed by atoms with van der Waals surface area (Å²) in [4.78, 5) is 15.1. The number of aromatic carboxylic acids is 1. The molecule has 6 nitrogen and oxygen atoms in total. The number of aromatic nitrogens is 2. The van der Waals surface area contributed by atoms with Crippen molar-refractivity contribution in [1.82, 2.24) is 14.7 Å². The van der Waals surface area contributed by atoms with Crippen molar-refractivity contribution in [3.63, 3.8) is 0 Å². The summed E-state index contributed by atoms with van der Waals surface area (Å²) in [5.74, 6) is -0.601.